The molecule has 2 heteroatoms. The fraction of sp³-hybridized carbons (Fsp3) is 0.818. The van der Waals surface area contributed by atoms with E-state index in [1.165, 1.54) is 0 Å². The van der Waals surface area contributed by atoms with Crippen molar-refractivity contribution in [3.8, 4) is 11.8 Å². The van der Waals surface area contributed by atoms with Gasteiger partial charge in [-0.25, -0.2) is 0 Å². The summed E-state index contributed by atoms with van der Waals surface area (Å²) in [7, 11) is 0. The third-order valence-electron chi connectivity index (χ3n) is 1.80. The zero-order valence-electron chi connectivity index (χ0n) is 9.13. The second-order valence-corrected chi connectivity index (χ2v) is 4.35. The Bertz CT molecular complexity index is 202. The summed E-state index contributed by atoms with van der Waals surface area (Å²) in [6, 6.07) is 0. The number of rotatable bonds is 2. The average molecular weight is 184 g/mol. The minimum atomic E-state index is -0.967. The predicted octanol–water partition coefficient (Wildman–Crippen LogP) is 1.41. The lowest BCUT2D eigenvalue weighted by Gasteiger charge is -2.18. The Morgan fingerprint density at radius 3 is 1.92 bits per heavy atom. The molecule has 0 amide bonds. The van der Waals surface area contributed by atoms with Crippen LogP contribution >= 0.6 is 0 Å². The molecule has 0 spiro atoms. The van der Waals surface area contributed by atoms with Gasteiger partial charge in [0, 0.05) is 5.92 Å². The summed E-state index contributed by atoms with van der Waals surface area (Å²) >= 11 is 0. The molecule has 0 aromatic carbocycles. The summed E-state index contributed by atoms with van der Waals surface area (Å²) in [5.41, 5.74) is -0.967. The molecule has 0 aliphatic carbocycles. The molecule has 0 rings (SSSR count). The second kappa shape index (κ2) is 4.64. The van der Waals surface area contributed by atoms with Crippen LogP contribution in [0.15, 0.2) is 0 Å². The van der Waals surface area contributed by atoms with Crippen LogP contribution in [0.1, 0.15) is 34.6 Å². The fourth-order valence-electron chi connectivity index (χ4n) is 0.953. The van der Waals surface area contributed by atoms with Crippen molar-refractivity contribution in [3.63, 3.8) is 0 Å². The van der Waals surface area contributed by atoms with Crippen molar-refractivity contribution in [1.82, 2.24) is 0 Å². The number of hydrogen-bond acceptors (Lipinski definition) is 2. The average Bonchev–Trinajstić information content (AvgIpc) is 1.97. The van der Waals surface area contributed by atoms with Crippen molar-refractivity contribution in [2.45, 2.75) is 46.3 Å². The lowest BCUT2D eigenvalue weighted by molar-refractivity contribution is 0.0938. The van der Waals surface area contributed by atoms with Crippen LogP contribution < -0.4 is 0 Å². The molecule has 2 N–H and O–H groups in total. The molecule has 0 saturated carbocycles. The van der Waals surface area contributed by atoms with Gasteiger partial charge in [-0.05, 0) is 26.7 Å². The summed E-state index contributed by atoms with van der Waals surface area (Å²) in [6.07, 6.45) is -0.421. The summed E-state index contributed by atoms with van der Waals surface area (Å²) < 4.78 is 0. The maximum atomic E-state index is 9.61. The first-order valence-corrected chi connectivity index (χ1v) is 4.67. The maximum absolute atomic E-state index is 9.61. The third-order valence-corrected chi connectivity index (χ3v) is 1.80. The van der Waals surface area contributed by atoms with E-state index in [0.717, 1.165) is 0 Å². The van der Waals surface area contributed by atoms with E-state index in [2.05, 4.69) is 11.8 Å². The highest BCUT2D eigenvalue weighted by atomic mass is 16.3. The fourth-order valence-corrected chi connectivity index (χ4v) is 0.953. The van der Waals surface area contributed by atoms with E-state index >= 15 is 0 Å². The predicted molar refractivity (Wildman–Crippen MR) is 54.1 cm³/mol. The quantitative estimate of drug-likeness (QED) is 0.637. The standard InChI is InChI=1S/C11H20O2/c1-8(2)10(12)9(3)6-7-11(4,5)13/h8-10,12-13H,1-5H3/t9-,10+/m0/s1. The molecule has 0 fully saturated rings. The summed E-state index contributed by atoms with van der Waals surface area (Å²) in [5, 5.41) is 18.9. The Kier molecular flexibility index (Phi) is 4.46. The van der Waals surface area contributed by atoms with Crippen LogP contribution in [-0.4, -0.2) is 21.9 Å². The Balaban J connectivity index is 4.27. The van der Waals surface area contributed by atoms with Crippen molar-refractivity contribution in [2.24, 2.45) is 11.8 Å². The lowest BCUT2D eigenvalue weighted by Crippen LogP contribution is -2.23. The normalized spacial score (nSPS) is 16.3. The van der Waals surface area contributed by atoms with Crippen molar-refractivity contribution >= 4 is 0 Å². The van der Waals surface area contributed by atoms with Gasteiger partial charge in [-0.15, -0.1) is 0 Å². The Hall–Kier alpha value is -0.520. The molecule has 0 aromatic heterocycles. The van der Waals surface area contributed by atoms with E-state index in [1.54, 1.807) is 13.8 Å². The smallest absolute Gasteiger partial charge is 0.119 e. The van der Waals surface area contributed by atoms with E-state index < -0.39 is 11.7 Å². The van der Waals surface area contributed by atoms with Crippen molar-refractivity contribution in [3.05, 3.63) is 0 Å². The second-order valence-electron chi connectivity index (χ2n) is 4.35. The van der Waals surface area contributed by atoms with Crippen molar-refractivity contribution < 1.29 is 10.2 Å². The van der Waals surface area contributed by atoms with Gasteiger partial charge in [0.2, 0.25) is 0 Å². The minimum absolute atomic E-state index is 0.0913. The summed E-state index contributed by atoms with van der Waals surface area (Å²) in [4.78, 5) is 0. The van der Waals surface area contributed by atoms with E-state index in [4.69, 9.17) is 0 Å². The van der Waals surface area contributed by atoms with Gasteiger partial charge >= 0.3 is 0 Å². The largest absolute Gasteiger partial charge is 0.392 e. The van der Waals surface area contributed by atoms with Crippen LogP contribution in [0.5, 0.6) is 0 Å². The van der Waals surface area contributed by atoms with E-state index in [9.17, 15) is 10.2 Å². The van der Waals surface area contributed by atoms with Gasteiger partial charge in [-0.3, -0.25) is 0 Å². The summed E-state index contributed by atoms with van der Waals surface area (Å²) in [6.45, 7) is 9.03. The van der Waals surface area contributed by atoms with Crippen LogP contribution in [0.3, 0.4) is 0 Å². The van der Waals surface area contributed by atoms with Gasteiger partial charge in [0.25, 0.3) is 0 Å². The van der Waals surface area contributed by atoms with Crippen LogP contribution in [0.4, 0.5) is 0 Å². The topological polar surface area (TPSA) is 40.5 Å². The maximum Gasteiger partial charge on any atom is 0.119 e. The molecule has 0 unspecified atom stereocenters. The molecule has 13 heavy (non-hydrogen) atoms. The van der Waals surface area contributed by atoms with Crippen LogP contribution in [0.2, 0.25) is 0 Å². The van der Waals surface area contributed by atoms with Gasteiger partial charge in [-0.1, -0.05) is 25.7 Å². The molecule has 76 valence electrons. The van der Waals surface area contributed by atoms with E-state index in [-0.39, 0.29) is 11.8 Å². The van der Waals surface area contributed by atoms with Gasteiger partial charge in [0.1, 0.15) is 5.60 Å². The van der Waals surface area contributed by atoms with Crippen molar-refractivity contribution in [1.29, 1.82) is 0 Å². The molecular weight excluding hydrogens is 164 g/mol. The number of aliphatic hydroxyl groups excluding tert-OH is 1. The Morgan fingerprint density at radius 2 is 1.62 bits per heavy atom. The molecule has 0 aliphatic heterocycles. The van der Waals surface area contributed by atoms with Crippen LogP contribution in [0.25, 0.3) is 0 Å². The first kappa shape index (κ1) is 12.5. The Labute approximate surface area is 81.0 Å². The molecule has 0 heterocycles. The number of aliphatic hydroxyl groups is 2. The van der Waals surface area contributed by atoms with Gasteiger partial charge < -0.3 is 10.2 Å². The summed E-state index contributed by atoms with van der Waals surface area (Å²) in [5.74, 6) is 5.67. The highest BCUT2D eigenvalue weighted by Gasteiger charge is 2.16. The van der Waals surface area contributed by atoms with Crippen LogP contribution in [0, 0.1) is 23.7 Å². The molecule has 0 aromatic rings. The van der Waals surface area contributed by atoms with E-state index in [0.29, 0.717) is 0 Å². The number of hydrogen-bond donors (Lipinski definition) is 2. The Morgan fingerprint density at radius 1 is 1.15 bits per heavy atom. The molecule has 0 bridgehead atoms. The minimum Gasteiger partial charge on any atom is -0.392 e. The van der Waals surface area contributed by atoms with Gasteiger partial charge in [0.15, 0.2) is 0 Å². The molecule has 0 saturated heterocycles. The monoisotopic (exact) mass is 184 g/mol. The zero-order valence-corrected chi connectivity index (χ0v) is 9.13. The van der Waals surface area contributed by atoms with Gasteiger partial charge in [0.05, 0.1) is 6.10 Å². The molecule has 2 nitrogen and oxygen atoms in total. The van der Waals surface area contributed by atoms with Gasteiger partial charge in [-0.2, -0.15) is 0 Å². The highest BCUT2D eigenvalue weighted by Crippen LogP contribution is 2.11. The SMILES string of the molecule is CC(C)[C@@H](O)[C@@H](C)C#CC(C)(C)O. The first-order valence-electron chi connectivity index (χ1n) is 4.67. The molecule has 0 aliphatic rings. The molecule has 2 atom stereocenters. The van der Waals surface area contributed by atoms with Crippen LogP contribution in [-0.2, 0) is 0 Å². The molecular formula is C11H20O2. The third kappa shape index (κ3) is 5.68. The zero-order chi connectivity index (χ0) is 10.6. The van der Waals surface area contributed by atoms with Crippen molar-refractivity contribution in [2.75, 3.05) is 0 Å². The molecule has 0 radical (unpaired) electrons. The highest BCUT2D eigenvalue weighted by molar-refractivity contribution is 5.13. The van der Waals surface area contributed by atoms with E-state index in [1.807, 2.05) is 20.8 Å². The lowest BCUT2D eigenvalue weighted by atomic mass is 9.94. The first-order chi connectivity index (χ1) is 5.74.